The quantitative estimate of drug-likeness (QED) is 0.804. The van der Waals surface area contributed by atoms with Gasteiger partial charge in [0.05, 0.1) is 0 Å². The van der Waals surface area contributed by atoms with E-state index in [0.717, 1.165) is 4.47 Å². The summed E-state index contributed by atoms with van der Waals surface area (Å²) in [6, 6.07) is 9.97. The molecule has 0 heterocycles. The third-order valence-corrected chi connectivity index (χ3v) is 1.82. The summed E-state index contributed by atoms with van der Waals surface area (Å²) in [4.78, 5) is 8.15. The maximum absolute atomic E-state index is 9.44. The Morgan fingerprint density at radius 2 is 1.69 bits per heavy atom. The van der Waals surface area contributed by atoms with Crippen LogP contribution < -0.4 is 0 Å². The number of carboxylic acid groups (broad SMARTS) is 1. The van der Waals surface area contributed by atoms with Crippen molar-refractivity contribution in [3.05, 3.63) is 34.8 Å². The maximum Gasteiger partial charge on any atom is 0.337 e. The van der Waals surface area contributed by atoms with E-state index in [4.69, 9.17) is 28.3 Å². The summed E-state index contributed by atoms with van der Waals surface area (Å²) in [5, 5.41) is 7.73. The third kappa shape index (κ3) is 8.09. The van der Waals surface area contributed by atoms with Crippen molar-refractivity contribution in [2.24, 2.45) is 0 Å². The van der Waals surface area contributed by atoms with Crippen LogP contribution in [0, 0.1) is 0 Å². The molecule has 5 heteroatoms. The van der Waals surface area contributed by atoms with E-state index >= 15 is 0 Å². The highest BCUT2D eigenvalue weighted by atomic mass is 79.9. The van der Waals surface area contributed by atoms with Crippen LogP contribution >= 0.6 is 39.1 Å². The monoisotopic (exact) mass is 284 g/mol. The minimum Gasteiger partial charge on any atom is -0.479 e. The molecule has 1 aromatic rings. The van der Waals surface area contributed by atoms with Gasteiger partial charge in [-0.2, -0.15) is 0 Å². The van der Waals surface area contributed by atoms with Gasteiger partial charge in [0.1, 0.15) is 0 Å². The molecule has 0 spiro atoms. The van der Waals surface area contributed by atoms with Crippen molar-refractivity contribution in [2.45, 2.75) is 4.84 Å². The molecule has 0 bridgehead atoms. The summed E-state index contributed by atoms with van der Waals surface area (Å²) in [5.41, 5.74) is 0. The van der Waals surface area contributed by atoms with E-state index in [0.29, 0.717) is 0 Å². The molecular formula is C8H7BrCl2O2. The molecule has 0 saturated heterocycles. The molecule has 0 saturated carbocycles. The Hall–Kier alpha value is -0.250. The van der Waals surface area contributed by atoms with Crippen molar-refractivity contribution in [1.82, 2.24) is 0 Å². The fourth-order valence-corrected chi connectivity index (χ4v) is 0.720. The normalized spacial score (nSPS) is 8.92. The van der Waals surface area contributed by atoms with Crippen LogP contribution in [-0.4, -0.2) is 15.9 Å². The average molecular weight is 286 g/mol. The molecule has 0 unspecified atom stereocenters. The van der Waals surface area contributed by atoms with Crippen LogP contribution in [0.4, 0.5) is 0 Å². The van der Waals surface area contributed by atoms with Crippen molar-refractivity contribution in [3.63, 3.8) is 0 Å². The van der Waals surface area contributed by atoms with Gasteiger partial charge in [-0.1, -0.05) is 57.3 Å². The summed E-state index contributed by atoms with van der Waals surface area (Å²) in [5.74, 6) is -1.21. The van der Waals surface area contributed by atoms with Crippen molar-refractivity contribution in [3.8, 4) is 0 Å². The van der Waals surface area contributed by atoms with Gasteiger partial charge in [0.25, 0.3) is 0 Å². The largest absolute Gasteiger partial charge is 0.479 e. The highest BCUT2D eigenvalue weighted by Gasteiger charge is 2.05. The van der Waals surface area contributed by atoms with Gasteiger partial charge in [0.2, 0.25) is 4.84 Å². The molecule has 2 nitrogen and oxygen atoms in total. The third-order valence-electron chi connectivity index (χ3n) is 0.920. The molecule has 1 aromatic carbocycles. The van der Waals surface area contributed by atoms with E-state index < -0.39 is 10.8 Å². The van der Waals surface area contributed by atoms with Gasteiger partial charge in [-0.25, -0.2) is 4.79 Å². The Balaban J connectivity index is 0.000000226. The van der Waals surface area contributed by atoms with Gasteiger partial charge < -0.3 is 5.11 Å². The Kier molecular flexibility index (Phi) is 7.04. The van der Waals surface area contributed by atoms with Gasteiger partial charge in [0, 0.05) is 4.47 Å². The lowest BCUT2D eigenvalue weighted by Crippen LogP contribution is -2.03. The Morgan fingerprint density at radius 1 is 1.31 bits per heavy atom. The molecule has 0 radical (unpaired) electrons. The minimum atomic E-state index is -1.29. The molecule has 1 rings (SSSR count). The van der Waals surface area contributed by atoms with E-state index in [1.165, 1.54) is 0 Å². The number of aliphatic carboxylic acids is 1. The first-order valence-corrected chi connectivity index (χ1v) is 4.92. The maximum atomic E-state index is 9.44. The first-order valence-electron chi connectivity index (χ1n) is 3.25. The van der Waals surface area contributed by atoms with E-state index in [1.807, 2.05) is 30.3 Å². The summed E-state index contributed by atoms with van der Waals surface area (Å²) in [6.07, 6.45) is 0. The molecule has 0 fully saturated rings. The van der Waals surface area contributed by atoms with Crippen LogP contribution in [0.2, 0.25) is 0 Å². The summed E-state index contributed by atoms with van der Waals surface area (Å²) in [7, 11) is 0. The van der Waals surface area contributed by atoms with Gasteiger partial charge in [-0.15, -0.1) is 0 Å². The predicted octanol–water partition coefficient (Wildman–Crippen LogP) is 3.32. The highest BCUT2D eigenvalue weighted by Crippen LogP contribution is 2.05. The number of hydrogen-bond acceptors (Lipinski definition) is 1. The second-order valence-electron chi connectivity index (χ2n) is 1.93. The van der Waals surface area contributed by atoms with E-state index in [9.17, 15) is 4.79 Å². The lowest BCUT2D eigenvalue weighted by Gasteiger charge is -1.84. The Bertz CT molecular complexity index is 252. The van der Waals surface area contributed by atoms with Crippen molar-refractivity contribution < 1.29 is 9.90 Å². The number of halogens is 3. The van der Waals surface area contributed by atoms with Crippen LogP contribution in [0.5, 0.6) is 0 Å². The van der Waals surface area contributed by atoms with Gasteiger partial charge >= 0.3 is 5.97 Å². The SMILES string of the molecule is Brc1ccccc1.O=C(O)C(Cl)Cl. The van der Waals surface area contributed by atoms with Crippen LogP contribution in [0.3, 0.4) is 0 Å². The van der Waals surface area contributed by atoms with Crippen LogP contribution in [-0.2, 0) is 4.79 Å². The smallest absolute Gasteiger partial charge is 0.337 e. The summed E-state index contributed by atoms with van der Waals surface area (Å²) < 4.78 is 1.13. The number of rotatable bonds is 1. The van der Waals surface area contributed by atoms with Crippen molar-refractivity contribution >= 4 is 45.1 Å². The first-order chi connectivity index (χ1) is 6.04. The zero-order chi connectivity index (χ0) is 10.3. The molecule has 1 N–H and O–H groups in total. The molecule has 0 aliphatic heterocycles. The standard InChI is InChI=1S/C6H5Br.C2H2Cl2O2/c7-6-4-2-1-3-5-6;3-1(4)2(5)6/h1-5H;1H,(H,5,6). The molecule has 13 heavy (non-hydrogen) atoms. The number of carbonyl (C=O) groups is 1. The highest BCUT2D eigenvalue weighted by molar-refractivity contribution is 9.10. The first kappa shape index (κ1) is 12.8. The molecular weight excluding hydrogens is 279 g/mol. The molecule has 0 aromatic heterocycles. The van der Waals surface area contributed by atoms with Crippen LogP contribution in [0.1, 0.15) is 0 Å². The lowest BCUT2D eigenvalue weighted by molar-refractivity contribution is -0.135. The summed E-state index contributed by atoms with van der Waals surface area (Å²) in [6.45, 7) is 0. The van der Waals surface area contributed by atoms with Crippen molar-refractivity contribution in [2.75, 3.05) is 0 Å². The molecule has 0 aliphatic rings. The van der Waals surface area contributed by atoms with E-state index in [2.05, 4.69) is 15.9 Å². The lowest BCUT2D eigenvalue weighted by atomic mass is 10.4. The predicted molar refractivity (Wildman–Crippen MR) is 57.3 cm³/mol. The number of hydrogen-bond donors (Lipinski definition) is 1. The van der Waals surface area contributed by atoms with Gasteiger partial charge in [-0.3, -0.25) is 0 Å². The molecule has 0 amide bonds. The van der Waals surface area contributed by atoms with Crippen molar-refractivity contribution in [1.29, 1.82) is 0 Å². The Morgan fingerprint density at radius 3 is 1.85 bits per heavy atom. The Labute approximate surface area is 94.6 Å². The second kappa shape index (κ2) is 7.18. The van der Waals surface area contributed by atoms with Crippen LogP contribution in [0.15, 0.2) is 34.8 Å². The number of alkyl halides is 2. The van der Waals surface area contributed by atoms with Gasteiger partial charge in [-0.05, 0) is 12.1 Å². The fraction of sp³-hybridized carbons (Fsp3) is 0.125. The zero-order valence-corrected chi connectivity index (χ0v) is 9.55. The zero-order valence-electron chi connectivity index (χ0n) is 6.45. The summed E-state index contributed by atoms with van der Waals surface area (Å²) >= 11 is 12.9. The topological polar surface area (TPSA) is 37.3 Å². The number of carboxylic acids is 1. The average Bonchev–Trinajstić information content (AvgIpc) is 2.06. The van der Waals surface area contributed by atoms with E-state index in [1.54, 1.807) is 0 Å². The van der Waals surface area contributed by atoms with E-state index in [-0.39, 0.29) is 0 Å². The molecule has 72 valence electrons. The molecule has 0 aliphatic carbocycles. The number of benzene rings is 1. The fourth-order valence-electron chi connectivity index (χ4n) is 0.415. The second-order valence-corrected chi connectivity index (χ2v) is 3.95. The van der Waals surface area contributed by atoms with Gasteiger partial charge in [0.15, 0.2) is 0 Å². The van der Waals surface area contributed by atoms with Crippen LogP contribution in [0.25, 0.3) is 0 Å². The molecule has 0 atom stereocenters. The minimum absolute atomic E-state index is 1.13.